The molecule has 1 fully saturated rings. The van der Waals surface area contributed by atoms with E-state index < -0.39 is 28.0 Å². The molecule has 1 saturated heterocycles. The summed E-state index contributed by atoms with van der Waals surface area (Å²) in [6.07, 6.45) is -0.523. The summed E-state index contributed by atoms with van der Waals surface area (Å²) < 4.78 is 40.1. The molecule has 0 aliphatic carbocycles. The molecule has 1 aromatic carbocycles. The van der Waals surface area contributed by atoms with E-state index in [4.69, 9.17) is 11.6 Å². The van der Waals surface area contributed by atoms with E-state index in [9.17, 15) is 17.6 Å². The molecule has 3 rings (SSSR count). The number of anilines is 2. The van der Waals surface area contributed by atoms with Crippen molar-refractivity contribution in [3.05, 3.63) is 22.5 Å². The second-order valence-corrected chi connectivity index (χ2v) is 7.37. The summed E-state index contributed by atoms with van der Waals surface area (Å²) >= 11 is 6.05. The van der Waals surface area contributed by atoms with Crippen LogP contribution in [0.1, 0.15) is 19.4 Å². The monoisotopic (exact) mass is 348 g/mol. The SMILES string of the molecule is CCN1c2c(Cl)cc(F)c(N3NC(=O)NC3C)c2CS1(=O)=O. The number of hydrazine groups is 1. The molecule has 1 atom stereocenters. The molecule has 10 heteroatoms. The molecule has 120 valence electrons. The minimum atomic E-state index is -3.60. The van der Waals surface area contributed by atoms with Gasteiger partial charge in [-0.05, 0) is 19.9 Å². The fourth-order valence-corrected chi connectivity index (χ4v) is 4.85. The van der Waals surface area contributed by atoms with Crippen molar-refractivity contribution in [2.75, 3.05) is 15.9 Å². The summed E-state index contributed by atoms with van der Waals surface area (Å²) in [5.41, 5.74) is 3.00. The third kappa shape index (κ3) is 2.07. The molecular weight excluding hydrogens is 335 g/mol. The summed E-state index contributed by atoms with van der Waals surface area (Å²) in [6, 6.07) is 0.583. The number of hydrogen-bond donors (Lipinski definition) is 2. The fourth-order valence-electron chi connectivity index (χ4n) is 2.81. The highest BCUT2D eigenvalue weighted by molar-refractivity contribution is 7.92. The summed E-state index contributed by atoms with van der Waals surface area (Å²) in [5, 5.41) is 3.87. The van der Waals surface area contributed by atoms with Crippen LogP contribution >= 0.6 is 11.6 Å². The van der Waals surface area contributed by atoms with Crippen molar-refractivity contribution in [2.24, 2.45) is 0 Å². The van der Waals surface area contributed by atoms with Gasteiger partial charge in [0.1, 0.15) is 17.7 Å². The van der Waals surface area contributed by atoms with Gasteiger partial charge in [0.2, 0.25) is 10.0 Å². The van der Waals surface area contributed by atoms with E-state index in [2.05, 4.69) is 10.7 Å². The maximum atomic E-state index is 14.4. The Hall–Kier alpha value is -1.74. The second-order valence-electron chi connectivity index (χ2n) is 5.07. The lowest BCUT2D eigenvalue weighted by Gasteiger charge is -2.25. The van der Waals surface area contributed by atoms with Crippen LogP contribution < -0.4 is 20.1 Å². The lowest BCUT2D eigenvalue weighted by atomic mass is 10.1. The standard InChI is InChI=1S/C12H14ClFN4O3S/c1-3-17-10-7(5-22(17,20)21)11(9(14)4-8(10)13)18-6(2)15-12(19)16-18/h4,6H,3,5H2,1-2H3,(H2,15,16,19). The number of nitrogens with zero attached hydrogens (tertiary/aromatic N) is 2. The van der Waals surface area contributed by atoms with Crippen molar-refractivity contribution in [1.29, 1.82) is 0 Å². The van der Waals surface area contributed by atoms with Gasteiger partial charge in [-0.25, -0.2) is 23.0 Å². The number of hydrogen-bond acceptors (Lipinski definition) is 4. The number of benzene rings is 1. The van der Waals surface area contributed by atoms with Gasteiger partial charge in [-0.2, -0.15) is 0 Å². The average Bonchev–Trinajstić information content (AvgIpc) is 2.85. The third-order valence-corrected chi connectivity index (χ3v) is 5.72. The second kappa shape index (κ2) is 4.88. The molecule has 0 bridgehead atoms. The highest BCUT2D eigenvalue weighted by Crippen LogP contribution is 2.45. The smallest absolute Gasteiger partial charge is 0.315 e. The molecule has 2 amide bonds. The van der Waals surface area contributed by atoms with E-state index in [-0.39, 0.29) is 34.3 Å². The van der Waals surface area contributed by atoms with Gasteiger partial charge >= 0.3 is 6.03 Å². The number of sulfonamides is 1. The summed E-state index contributed by atoms with van der Waals surface area (Å²) in [6.45, 7) is 3.52. The summed E-state index contributed by atoms with van der Waals surface area (Å²) in [4.78, 5) is 11.4. The van der Waals surface area contributed by atoms with Crippen LogP contribution in [0.5, 0.6) is 0 Å². The first-order valence-electron chi connectivity index (χ1n) is 6.64. The molecule has 1 aromatic rings. The van der Waals surface area contributed by atoms with Gasteiger partial charge in [0.15, 0.2) is 0 Å². The topological polar surface area (TPSA) is 81.8 Å². The highest BCUT2D eigenvalue weighted by Gasteiger charge is 2.40. The minimum absolute atomic E-state index is 0.0183. The zero-order valence-electron chi connectivity index (χ0n) is 11.9. The zero-order chi connectivity index (χ0) is 16.2. The first kappa shape index (κ1) is 15.2. The van der Waals surface area contributed by atoms with Crippen LogP contribution in [-0.4, -0.2) is 27.2 Å². The Labute approximate surface area is 132 Å². The largest absolute Gasteiger partial charge is 0.335 e. The number of urea groups is 1. The normalized spacial score (nSPS) is 22.5. The number of rotatable bonds is 2. The Bertz CT molecular complexity index is 770. The Morgan fingerprint density at radius 3 is 2.68 bits per heavy atom. The van der Waals surface area contributed by atoms with Crippen LogP contribution in [0.4, 0.5) is 20.6 Å². The van der Waals surface area contributed by atoms with Gasteiger partial charge in [0.05, 0.1) is 16.5 Å². The Morgan fingerprint density at radius 1 is 1.45 bits per heavy atom. The molecule has 0 radical (unpaired) electrons. The number of halogens is 2. The average molecular weight is 349 g/mol. The molecule has 2 aliphatic rings. The van der Waals surface area contributed by atoms with E-state index in [0.29, 0.717) is 0 Å². The van der Waals surface area contributed by atoms with Gasteiger partial charge in [0, 0.05) is 12.1 Å². The molecular formula is C12H14ClFN4O3S. The lowest BCUT2D eigenvalue weighted by molar-refractivity contribution is 0.247. The molecule has 0 aromatic heterocycles. The van der Waals surface area contributed by atoms with Crippen LogP contribution in [-0.2, 0) is 15.8 Å². The number of carbonyl (C=O) groups excluding carboxylic acids is 1. The van der Waals surface area contributed by atoms with E-state index >= 15 is 0 Å². The van der Waals surface area contributed by atoms with E-state index in [1.807, 2.05) is 0 Å². The van der Waals surface area contributed by atoms with Gasteiger partial charge in [-0.3, -0.25) is 9.31 Å². The van der Waals surface area contributed by atoms with E-state index in [1.165, 1.54) is 5.01 Å². The molecule has 0 spiro atoms. The van der Waals surface area contributed by atoms with Crippen LogP contribution in [0.25, 0.3) is 0 Å². The molecule has 2 N–H and O–H groups in total. The van der Waals surface area contributed by atoms with Crippen molar-refractivity contribution >= 4 is 39.0 Å². The number of carbonyl (C=O) groups is 1. The molecule has 22 heavy (non-hydrogen) atoms. The zero-order valence-corrected chi connectivity index (χ0v) is 13.4. The minimum Gasteiger partial charge on any atom is -0.315 e. The van der Waals surface area contributed by atoms with Gasteiger partial charge in [0.25, 0.3) is 0 Å². The molecule has 2 aliphatic heterocycles. The quantitative estimate of drug-likeness (QED) is 0.849. The Morgan fingerprint density at radius 2 is 2.14 bits per heavy atom. The number of amides is 2. The first-order chi connectivity index (χ1) is 10.3. The van der Waals surface area contributed by atoms with Crippen LogP contribution in [0.3, 0.4) is 0 Å². The van der Waals surface area contributed by atoms with Crippen molar-refractivity contribution in [1.82, 2.24) is 10.7 Å². The van der Waals surface area contributed by atoms with E-state index in [0.717, 1.165) is 10.4 Å². The van der Waals surface area contributed by atoms with Crippen molar-refractivity contribution in [3.8, 4) is 0 Å². The molecule has 1 unspecified atom stereocenters. The summed E-state index contributed by atoms with van der Waals surface area (Å²) in [5.74, 6) is -1.05. The predicted octanol–water partition coefficient (Wildman–Crippen LogP) is 1.53. The van der Waals surface area contributed by atoms with Crippen molar-refractivity contribution in [3.63, 3.8) is 0 Å². The van der Waals surface area contributed by atoms with Gasteiger partial charge in [-0.15, -0.1) is 0 Å². The predicted molar refractivity (Wildman–Crippen MR) is 80.7 cm³/mol. The highest BCUT2D eigenvalue weighted by atomic mass is 35.5. The third-order valence-electron chi connectivity index (χ3n) is 3.67. The fraction of sp³-hybridized carbons (Fsp3) is 0.417. The first-order valence-corrected chi connectivity index (χ1v) is 8.62. The van der Waals surface area contributed by atoms with Gasteiger partial charge < -0.3 is 5.32 Å². The summed E-state index contributed by atoms with van der Waals surface area (Å²) in [7, 11) is -3.60. The molecule has 7 nitrogen and oxygen atoms in total. The van der Waals surface area contributed by atoms with E-state index in [1.54, 1.807) is 13.8 Å². The van der Waals surface area contributed by atoms with Gasteiger partial charge in [-0.1, -0.05) is 11.6 Å². The molecule has 2 heterocycles. The Balaban J connectivity index is 2.23. The van der Waals surface area contributed by atoms with Crippen LogP contribution in [0.15, 0.2) is 6.07 Å². The Kier molecular flexibility index (Phi) is 3.37. The lowest BCUT2D eigenvalue weighted by Crippen LogP contribution is -2.39. The van der Waals surface area contributed by atoms with Crippen LogP contribution in [0.2, 0.25) is 5.02 Å². The van der Waals surface area contributed by atoms with Crippen molar-refractivity contribution < 1.29 is 17.6 Å². The number of nitrogens with one attached hydrogen (secondary N) is 2. The maximum Gasteiger partial charge on any atom is 0.335 e. The van der Waals surface area contributed by atoms with Crippen LogP contribution in [0, 0.1) is 5.82 Å². The maximum absolute atomic E-state index is 14.4. The number of fused-ring (bicyclic) bond motifs is 1. The van der Waals surface area contributed by atoms with Crippen molar-refractivity contribution in [2.45, 2.75) is 25.8 Å². The molecule has 0 saturated carbocycles.